The van der Waals surface area contributed by atoms with Crippen molar-refractivity contribution in [1.29, 1.82) is 0 Å². The second kappa shape index (κ2) is 8.94. The Hall–Kier alpha value is -2.21. The number of anilines is 2. The third-order valence-corrected chi connectivity index (χ3v) is 5.00. The van der Waals surface area contributed by atoms with Crippen LogP contribution in [0.25, 0.3) is 0 Å². The van der Waals surface area contributed by atoms with Gasteiger partial charge in [-0.05, 0) is 42.5 Å². The van der Waals surface area contributed by atoms with Gasteiger partial charge in [-0.2, -0.15) is 0 Å². The molecule has 3 rings (SSSR count). The monoisotopic (exact) mass is 406 g/mol. The van der Waals surface area contributed by atoms with Crippen molar-refractivity contribution in [3.05, 3.63) is 74.9 Å². The molecule has 26 heavy (non-hydrogen) atoms. The Morgan fingerprint density at radius 1 is 1.04 bits per heavy atom. The number of halogens is 2. The van der Waals surface area contributed by atoms with Crippen molar-refractivity contribution in [2.75, 3.05) is 17.2 Å². The number of amides is 1. The maximum atomic E-state index is 12.0. The fraction of sp³-hybridized carbons (Fsp3) is 0.105. The van der Waals surface area contributed by atoms with Crippen LogP contribution in [0.4, 0.5) is 11.4 Å². The quantitative estimate of drug-likeness (QED) is 0.530. The fourth-order valence-corrected chi connectivity index (χ4v) is 3.47. The average molecular weight is 407 g/mol. The maximum Gasteiger partial charge on any atom is 0.262 e. The molecule has 0 aliphatic rings. The van der Waals surface area contributed by atoms with Gasteiger partial charge in [0.25, 0.3) is 5.91 Å². The zero-order chi connectivity index (χ0) is 18.4. The third kappa shape index (κ3) is 5.39. The summed E-state index contributed by atoms with van der Waals surface area (Å²) in [5.74, 6) is 0.367. The molecule has 2 aromatic carbocycles. The Labute approximate surface area is 165 Å². The van der Waals surface area contributed by atoms with Crippen molar-refractivity contribution in [3.63, 3.8) is 0 Å². The molecule has 0 radical (unpaired) electrons. The number of carbonyl (C=O) groups is 1. The van der Waals surface area contributed by atoms with Gasteiger partial charge in [0.05, 0.1) is 15.0 Å². The van der Waals surface area contributed by atoms with Crippen LogP contribution in [0.15, 0.2) is 60.7 Å². The third-order valence-electron chi connectivity index (χ3n) is 3.45. The maximum absolute atomic E-state index is 12.0. The molecular weight excluding hydrogens is 391 g/mol. The van der Waals surface area contributed by atoms with Gasteiger partial charge >= 0.3 is 0 Å². The number of hydrogen-bond donors (Lipinski definition) is 2. The van der Waals surface area contributed by atoms with Gasteiger partial charge in [0, 0.05) is 17.1 Å². The first-order valence-electron chi connectivity index (χ1n) is 7.85. The van der Waals surface area contributed by atoms with Crippen LogP contribution in [-0.2, 0) is 11.3 Å². The summed E-state index contributed by atoms with van der Waals surface area (Å²) in [6, 6.07) is 18.4. The van der Waals surface area contributed by atoms with Crippen LogP contribution < -0.4 is 15.4 Å². The van der Waals surface area contributed by atoms with Crippen molar-refractivity contribution < 1.29 is 9.53 Å². The molecule has 0 spiro atoms. The highest BCUT2D eigenvalue weighted by molar-refractivity contribution is 7.16. The molecule has 1 amide bonds. The summed E-state index contributed by atoms with van der Waals surface area (Å²) in [6.07, 6.45) is 0. The van der Waals surface area contributed by atoms with Gasteiger partial charge < -0.3 is 15.4 Å². The Kier molecular flexibility index (Phi) is 6.39. The second-order valence-electron chi connectivity index (χ2n) is 5.40. The van der Waals surface area contributed by atoms with E-state index in [4.69, 9.17) is 27.9 Å². The summed E-state index contributed by atoms with van der Waals surface area (Å²) in [5, 5.41) is 6.47. The summed E-state index contributed by atoms with van der Waals surface area (Å²) in [7, 11) is 0. The lowest BCUT2D eigenvalue weighted by Crippen LogP contribution is -2.20. The van der Waals surface area contributed by atoms with E-state index in [-0.39, 0.29) is 12.5 Å². The molecule has 0 fully saturated rings. The zero-order valence-electron chi connectivity index (χ0n) is 13.7. The van der Waals surface area contributed by atoms with E-state index in [0.717, 1.165) is 14.9 Å². The van der Waals surface area contributed by atoms with Crippen LogP contribution in [0.5, 0.6) is 5.75 Å². The summed E-state index contributed by atoms with van der Waals surface area (Å²) < 4.78 is 6.18. The van der Waals surface area contributed by atoms with Gasteiger partial charge in [-0.15, -0.1) is 11.3 Å². The Morgan fingerprint density at radius 3 is 2.54 bits per heavy atom. The van der Waals surface area contributed by atoms with Crippen LogP contribution in [0.2, 0.25) is 9.36 Å². The van der Waals surface area contributed by atoms with E-state index >= 15 is 0 Å². The SMILES string of the molecule is O=C(COc1ccccc1)Nc1ccc(NCc2ccc(Cl)s2)cc1Cl. The molecule has 134 valence electrons. The number of thiophene rings is 1. The van der Waals surface area contributed by atoms with Gasteiger partial charge in [-0.25, -0.2) is 0 Å². The normalized spacial score (nSPS) is 10.4. The summed E-state index contributed by atoms with van der Waals surface area (Å²) in [6.45, 7) is 0.573. The minimum Gasteiger partial charge on any atom is -0.484 e. The van der Waals surface area contributed by atoms with Crippen molar-refractivity contribution in [3.8, 4) is 5.75 Å². The number of nitrogens with one attached hydrogen (secondary N) is 2. The molecule has 1 heterocycles. The van der Waals surface area contributed by atoms with Crippen LogP contribution in [0, 0.1) is 0 Å². The molecule has 0 atom stereocenters. The molecular formula is C19H16Cl2N2O2S. The van der Waals surface area contributed by atoms with E-state index in [9.17, 15) is 4.79 Å². The molecule has 7 heteroatoms. The van der Waals surface area contributed by atoms with Crippen LogP contribution >= 0.6 is 34.5 Å². The fourth-order valence-electron chi connectivity index (χ4n) is 2.21. The van der Waals surface area contributed by atoms with Gasteiger partial charge in [0.1, 0.15) is 5.75 Å². The molecule has 0 aliphatic carbocycles. The van der Waals surface area contributed by atoms with Gasteiger partial charge in [0.2, 0.25) is 0 Å². The summed E-state index contributed by atoms with van der Waals surface area (Å²) >= 11 is 13.7. The lowest BCUT2D eigenvalue weighted by molar-refractivity contribution is -0.118. The zero-order valence-corrected chi connectivity index (χ0v) is 16.0. The van der Waals surface area contributed by atoms with Gasteiger partial charge in [0.15, 0.2) is 6.61 Å². The minimum absolute atomic E-state index is 0.0838. The van der Waals surface area contributed by atoms with E-state index in [1.165, 1.54) is 11.3 Å². The molecule has 0 bridgehead atoms. The number of ether oxygens (including phenoxy) is 1. The summed E-state index contributed by atoms with van der Waals surface area (Å²) in [4.78, 5) is 13.1. The van der Waals surface area contributed by atoms with E-state index < -0.39 is 0 Å². The van der Waals surface area contributed by atoms with Crippen molar-refractivity contribution >= 4 is 51.8 Å². The highest BCUT2D eigenvalue weighted by Crippen LogP contribution is 2.27. The summed E-state index contributed by atoms with van der Waals surface area (Å²) in [5.41, 5.74) is 1.40. The highest BCUT2D eigenvalue weighted by atomic mass is 35.5. The molecule has 0 unspecified atom stereocenters. The molecule has 0 aliphatic heterocycles. The van der Waals surface area contributed by atoms with Crippen LogP contribution in [-0.4, -0.2) is 12.5 Å². The largest absolute Gasteiger partial charge is 0.484 e. The number of para-hydroxylation sites is 1. The predicted octanol–water partition coefficient (Wildman–Crippen LogP) is 5.68. The minimum atomic E-state index is -0.273. The lowest BCUT2D eigenvalue weighted by atomic mass is 10.2. The Bertz CT molecular complexity index is 884. The van der Waals surface area contributed by atoms with Crippen LogP contribution in [0.1, 0.15) is 4.88 Å². The standard InChI is InChI=1S/C19H16Cl2N2O2S/c20-16-10-13(22-11-15-7-9-18(21)26-15)6-8-17(16)23-19(24)12-25-14-4-2-1-3-5-14/h1-10,22H,11-12H2,(H,23,24). The van der Waals surface area contributed by atoms with Crippen molar-refractivity contribution in [1.82, 2.24) is 0 Å². The van der Waals surface area contributed by atoms with E-state index in [1.807, 2.05) is 36.4 Å². The average Bonchev–Trinajstić information content (AvgIpc) is 3.06. The second-order valence-corrected chi connectivity index (χ2v) is 7.61. The van der Waals surface area contributed by atoms with Crippen molar-refractivity contribution in [2.45, 2.75) is 6.54 Å². The smallest absolute Gasteiger partial charge is 0.262 e. The van der Waals surface area contributed by atoms with E-state index in [1.54, 1.807) is 24.3 Å². The molecule has 4 nitrogen and oxygen atoms in total. The molecule has 3 aromatic rings. The number of carbonyl (C=O) groups excluding carboxylic acids is 1. The lowest BCUT2D eigenvalue weighted by Gasteiger charge is -2.11. The van der Waals surface area contributed by atoms with E-state index in [0.29, 0.717) is 23.0 Å². The molecule has 1 aromatic heterocycles. The number of rotatable bonds is 7. The van der Waals surface area contributed by atoms with Gasteiger partial charge in [-0.3, -0.25) is 4.79 Å². The first-order chi connectivity index (χ1) is 12.6. The van der Waals surface area contributed by atoms with E-state index in [2.05, 4.69) is 10.6 Å². The Balaban J connectivity index is 1.52. The first-order valence-corrected chi connectivity index (χ1v) is 9.43. The number of hydrogen-bond acceptors (Lipinski definition) is 4. The molecule has 2 N–H and O–H groups in total. The Morgan fingerprint density at radius 2 is 1.85 bits per heavy atom. The highest BCUT2D eigenvalue weighted by Gasteiger charge is 2.08. The van der Waals surface area contributed by atoms with Crippen LogP contribution in [0.3, 0.4) is 0 Å². The van der Waals surface area contributed by atoms with Gasteiger partial charge in [-0.1, -0.05) is 41.4 Å². The predicted molar refractivity (Wildman–Crippen MR) is 109 cm³/mol. The molecule has 0 saturated heterocycles. The topological polar surface area (TPSA) is 50.4 Å². The first kappa shape index (κ1) is 18.6. The molecule has 0 saturated carbocycles. The van der Waals surface area contributed by atoms with Crippen molar-refractivity contribution in [2.24, 2.45) is 0 Å². The number of benzene rings is 2.